The zero-order valence-corrected chi connectivity index (χ0v) is 13.1. The van der Waals surface area contributed by atoms with Gasteiger partial charge in [0.15, 0.2) is 0 Å². The molecule has 0 spiro atoms. The molecule has 6 heteroatoms. The van der Waals surface area contributed by atoms with Crippen LogP contribution in [0.5, 0.6) is 0 Å². The van der Waals surface area contributed by atoms with E-state index in [0.717, 1.165) is 36.6 Å². The highest BCUT2D eigenvalue weighted by Crippen LogP contribution is 2.27. The van der Waals surface area contributed by atoms with Gasteiger partial charge in [-0.05, 0) is 19.8 Å². The van der Waals surface area contributed by atoms with E-state index in [1.165, 1.54) is 0 Å². The Bertz CT molecular complexity index is 469. The molecule has 1 aromatic heterocycles. The first-order valence-corrected chi connectivity index (χ1v) is 7.76. The van der Waals surface area contributed by atoms with Crippen molar-refractivity contribution in [3.05, 3.63) is 11.9 Å². The van der Waals surface area contributed by atoms with Crippen molar-refractivity contribution in [3.63, 3.8) is 0 Å². The third-order valence-electron chi connectivity index (χ3n) is 4.06. The summed E-state index contributed by atoms with van der Waals surface area (Å²) in [6.45, 7) is 8.04. The number of hydrogen-bond acceptors (Lipinski definition) is 6. The van der Waals surface area contributed by atoms with Gasteiger partial charge in [0, 0.05) is 31.7 Å². The van der Waals surface area contributed by atoms with E-state index in [9.17, 15) is 5.11 Å². The van der Waals surface area contributed by atoms with Gasteiger partial charge in [-0.25, -0.2) is 9.97 Å². The molecule has 2 unspecified atom stereocenters. The van der Waals surface area contributed by atoms with Crippen molar-refractivity contribution in [1.82, 2.24) is 9.97 Å². The average molecular weight is 294 g/mol. The molecule has 0 bridgehead atoms. The van der Waals surface area contributed by atoms with E-state index in [4.69, 9.17) is 4.74 Å². The second-order valence-electron chi connectivity index (χ2n) is 5.55. The van der Waals surface area contributed by atoms with Crippen LogP contribution >= 0.6 is 0 Å². The van der Waals surface area contributed by atoms with Crippen LogP contribution in [0.15, 0.2) is 6.33 Å². The molecule has 1 saturated heterocycles. The first-order chi connectivity index (χ1) is 10.1. The van der Waals surface area contributed by atoms with Gasteiger partial charge in [-0.15, -0.1) is 0 Å². The number of nitrogens with zero attached hydrogens (tertiary/aromatic N) is 2. The van der Waals surface area contributed by atoms with Crippen LogP contribution < -0.4 is 10.6 Å². The molecule has 3 N–H and O–H groups in total. The minimum absolute atomic E-state index is 0.158. The van der Waals surface area contributed by atoms with Crippen LogP contribution in [0.25, 0.3) is 0 Å². The maximum absolute atomic E-state index is 10.5. The summed E-state index contributed by atoms with van der Waals surface area (Å²) in [5.74, 6) is 1.66. The standard InChI is InChI=1S/C15H26N4O2/c1-4-7-16-13-12(5-2)14(19-10-18-13)17-9-15(20)6-8-21-11(15)3/h10-11,20H,4-9H2,1-3H3,(H2,16,17,18,19). The summed E-state index contributed by atoms with van der Waals surface area (Å²) >= 11 is 0. The van der Waals surface area contributed by atoms with Crippen LogP contribution in [-0.2, 0) is 11.2 Å². The fourth-order valence-corrected chi connectivity index (χ4v) is 2.54. The largest absolute Gasteiger partial charge is 0.385 e. The minimum atomic E-state index is -0.826. The molecule has 0 aromatic carbocycles. The Morgan fingerprint density at radius 1 is 1.33 bits per heavy atom. The van der Waals surface area contributed by atoms with Crippen molar-refractivity contribution < 1.29 is 9.84 Å². The van der Waals surface area contributed by atoms with Gasteiger partial charge in [-0.3, -0.25) is 0 Å². The summed E-state index contributed by atoms with van der Waals surface area (Å²) in [7, 11) is 0. The number of hydrogen-bond donors (Lipinski definition) is 3. The topological polar surface area (TPSA) is 79.3 Å². The maximum Gasteiger partial charge on any atom is 0.134 e. The molecule has 2 rings (SSSR count). The zero-order valence-electron chi connectivity index (χ0n) is 13.1. The Balaban J connectivity index is 2.08. The molecule has 21 heavy (non-hydrogen) atoms. The van der Waals surface area contributed by atoms with Gasteiger partial charge in [0.2, 0.25) is 0 Å². The summed E-state index contributed by atoms with van der Waals surface area (Å²) in [5, 5.41) is 17.1. The lowest BCUT2D eigenvalue weighted by atomic mass is 9.96. The molecule has 1 fully saturated rings. The third kappa shape index (κ3) is 3.63. The lowest BCUT2D eigenvalue weighted by molar-refractivity contribution is -0.0176. The molecule has 0 saturated carbocycles. The van der Waals surface area contributed by atoms with E-state index < -0.39 is 5.60 Å². The molecule has 1 aliphatic heterocycles. The van der Waals surface area contributed by atoms with E-state index in [2.05, 4.69) is 34.4 Å². The molecule has 1 aromatic rings. The Kier molecular flexibility index (Phi) is 5.36. The van der Waals surface area contributed by atoms with E-state index in [0.29, 0.717) is 19.6 Å². The molecule has 6 nitrogen and oxygen atoms in total. The smallest absolute Gasteiger partial charge is 0.134 e. The summed E-state index contributed by atoms with van der Waals surface area (Å²) in [6.07, 6.45) is 3.92. The van der Waals surface area contributed by atoms with Gasteiger partial charge in [-0.2, -0.15) is 0 Å². The normalized spacial score (nSPS) is 25.0. The van der Waals surface area contributed by atoms with Gasteiger partial charge in [-0.1, -0.05) is 13.8 Å². The van der Waals surface area contributed by atoms with E-state index in [1.54, 1.807) is 6.33 Å². The van der Waals surface area contributed by atoms with Crippen molar-refractivity contribution >= 4 is 11.6 Å². The van der Waals surface area contributed by atoms with Crippen LogP contribution in [-0.4, -0.2) is 46.5 Å². The fourth-order valence-electron chi connectivity index (χ4n) is 2.54. The predicted octanol–water partition coefficient (Wildman–Crippen LogP) is 1.81. The summed E-state index contributed by atoms with van der Waals surface area (Å²) < 4.78 is 5.46. The highest BCUT2D eigenvalue weighted by atomic mass is 16.5. The third-order valence-corrected chi connectivity index (χ3v) is 4.06. The highest BCUT2D eigenvalue weighted by molar-refractivity contribution is 5.57. The van der Waals surface area contributed by atoms with Crippen LogP contribution in [0.3, 0.4) is 0 Å². The molecule has 2 heterocycles. The Labute approximate surface area is 126 Å². The first kappa shape index (κ1) is 16.0. The van der Waals surface area contributed by atoms with Crippen LogP contribution in [0.2, 0.25) is 0 Å². The number of ether oxygens (including phenoxy) is 1. The van der Waals surface area contributed by atoms with Crippen LogP contribution in [0, 0.1) is 0 Å². The fraction of sp³-hybridized carbons (Fsp3) is 0.733. The van der Waals surface area contributed by atoms with Gasteiger partial charge in [0.25, 0.3) is 0 Å². The number of rotatable bonds is 7. The summed E-state index contributed by atoms with van der Waals surface area (Å²) in [4.78, 5) is 8.63. The molecule has 1 aliphatic rings. The van der Waals surface area contributed by atoms with Crippen molar-refractivity contribution in [1.29, 1.82) is 0 Å². The predicted molar refractivity (Wildman–Crippen MR) is 83.7 cm³/mol. The van der Waals surface area contributed by atoms with Crippen molar-refractivity contribution in [2.75, 3.05) is 30.3 Å². The van der Waals surface area contributed by atoms with Gasteiger partial charge in [0.05, 0.1) is 6.10 Å². The second kappa shape index (κ2) is 7.04. The van der Waals surface area contributed by atoms with E-state index in [1.807, 2.05) is 6.92 Å². The van der Waals surface area contributed by atoms with Gasteiger partial charge in [0.1, 0.15) is 23.6 Å². The minimum Gasteiger partial charge on any atom is -0.385 e. The van der Waals surface area contributed by atoms with E-state index in [-0.39, 0.29) is 6.10 Å². The number of aliphatic hydroxyl groups is 1. The Morgan fingerprint density at radius 3 is 2.62 bits per heavy atom. The first-order valence-electron chi connectivity index (χ1n) is 7.76. The highest BCUT2D eigenvalue weighted by Gasteiger charge is 2.39. The maximum atomic E-state index is 10.5. The van der Waals surface area contributed by atoms with Crippen molar-refractivity contribution in [2.24, 2.45) is 0 Å². The molecule has 0 aliphatic carbocycles. The summed E-state index contributed by atoms with van der Waals surface area (Å²) in [5.41, 5.74) is 0.230. The number of nitrogens with one attached hydrogen (secondary N) is 2. The van der Waals surface area contributed by atoms with Crippen molar-refractivity contribution in [3.8, 4) is 0 Å². The van der Waals surface area contributed by atoms with E-state index >= 15 is 0 Å². The van der Waals surface area contributed by atoms with Gasteiger partial charge < -0.3 is 20.5 Å². The molecule has 0 radical (unpaired) electrons. The average Bonchev–Trinajstić information content (AvgIpc) is 2.82. The molecule has 2 atom stereocenters. The molecular formula is C15H26N4O2. The monoisotopic (exact) mass is 294 g/mol. The zero-order chi connectivity index (χ0) is 15.3. The molecular weight excluding hydrogens is 268 g/mol. The Hall–Kier alpha value is -1.40. The second-order valence-corrected chi connectivity index (χ2v) is 5.55. The van der Waals surface area contributed by atoms with Gasteiger partial charge >= 0.3 is 0 Å². The quantitative estimate of drug-likeness (QED) is 0.712. The van der Waals surface area contributed by atoms with Crippen molar-refractivity contribution in [2.45, 2.75) is 51.7 Å². The molecule has 118 valence electrons. The Morgan fingerprint density at radius 2 is 2.05 bits per heavy atom. The van der Waals surface area contributed by atoms with Crippen LogP contribution in [0.1, 0.15) is 39.2 Å². The van der Waals surface area contributed by atoms with Crippen LogP contribution in [0.4, 0.5) is 11.6 Å². The molecule has 0 amide bonds. The number of aromatic nitrogens is 2. The number of anilines is 2. The lowest BCUT2D eigenvalue weighted by Crippen LogP contribution is -2.43. The summed E-state index contributed by atoms with van der Waals surface area (Å²) in [6, 6.07) is 0. The SMILES string of the molecule is CCCNc1ncnc(NCC2(O)CCOC2C)c1CC. The lowest BCUT2D eigenvalue weighted by Gasteiger charge is -2.27.